The van der Waals surface area contributed by atoms with Gasteiger partial charge in [0.05, 0.1) is 6.61 Å². The van der Waals surface area contributed by atoms with Crippen LogP contribution >= 0.6 is 0 Å². The second kappa shape index (κ2) is 6.21. The van der Waals surface area contributed by atoms with Gasteiger partial charge < -0.3 is 14.8 Å². The van der Waals surface area contributed by atoms with Crippen molar-refractivity contribution >= 4 is 0 Å². The van der Waals surface area contributed by atoms with E-state index in [1.807, 2.05) is 6.92 Å². The molecule has 1 aliphatic carbocycles. The predicted octanol–water partition coefficient (Wildman–Crippen LogP) is 2.70. The Morgan fingerprint density at radius 3 is 3.00 bits per heavy atom. The van der Waals surface area contributed by atoms with Gasteiger partial charge in [0.25, 0.3) is 0 Å². The molecule has 0 aromatic heterocycles. The van der Waals surface area contributed by atoms with Crippen molar-refractivity contribution in [3.63, 3.8) is 0 Å². The Labute approximate surface area is 109 Å². The maximum atomic E-state index is 5.83. The van der Waals surface area contributed by atoms with E-state index in [-0.39, 0.29) is 6.10 Å². The number of aryl methyl sites for hydroxylation is 1. The molecule has 0 spiro atoms. The van der Waals surface area contributed by atoms with Crippen molar-refractivity contribution in [2.75, 3.05) is 20.3 Å². The van der Waals surface area contributed by atoms with Gasteiger partial charge in [0.15, 0.2) is 0 Å². The fraction of sp³-hybridized carbons (Fsp3) is 0.600. The molecule has 1 aromatic rings. The molecule has 0 amide bonds. The summed E-state index contributed by atoms with van der Waals surface area (Å²) < 4.78 is 10.9. The lowest BCUT2D eigenvalue weighted by molar-refractivity contribution is 0.0920. The third-order valence-electron chi connectivity index (χ3n) is 3.38. The van der Waals surface area contributed by atoms with Crippen LogP contribution in [-0.4, -0.2) is 26.4 Å². The fourth-order valence-corrected chi connectivity index (χ4v) is 2.63. The molecule has 2 atom stereocenters. The summed E-state index contributed by atoms with van der Waals surface area (Å²) in [5.41, 5.74) is 2.85. The van der Waals surface area contributed by atoms with Crippen molar-refractivity contribution in [3.05, 3.63) is 29.3 Å². The van der Waals surface area contributed by atoms with Crippen LogP contribution in [0.5, 0.6) is 5.75 Å². The van der Waals surface area contributed by atoms with E-state index in [2.05, 4.69) is 30.4 Å². The zero-order valence-electron chi connectivity index (χ0n) is 11.5. The topological polar surface area (TPSA) is 30.5 Å². The summed E-state index contributed by atoms with van der Waals surface area (Å²) in [7, 11) is 1.70. The molecular formula is C15H23NO2. The molecule has 3 nitrogen and oxygen atoms in total. The molecule has 1 aliphatic rings. The molecule has 2 rings (SSSR count). The molecule has 0 saturated carbocycles. The first-order valence-corrected chi connectivity index (χ1v) is 6.76. The van der Waals surface area contributed by atoms with Gasteiger partial charge in [0.1, 0.15) is 11.9 Å². The standard InChI is InChI=1S/C15H23NO2/c1-4-16-15-8-5-12-9-13(6-7-14(12)15)18-11(2)10-17-3/h6-7,9,11,15-16H,4-5,8,10H2,1-3H3. The van der Waals surface area contributed by atoms with Crippen LogP contribution in [0.15, 0.2) is 18.2 Å². The van der Waals surface area contributed by atoms with Crippen molar-refractivity contribution in [3.8, 4) is 5.75 Å². The van der Waals surface area contributed by atoms with Gasteiger partial charge >= 0.3 is 0 Å². The van der Waals surface area contributed by atoms with Crippen molar-refractivity contribution in [1.82, 2.24) is 5.32 Å². The van der Waals surface area contributed by atoms with Crippen molar-refractivity contribution in [2.24, 2.45) is 0 Å². The zero-order chi connectivity index (χ0) is 13.0. The molecule has 1 N–H and O–H groups in total. The van der Waals surface area contributed by atoms with Crippen molar-refractivity contribution in [1.29, 1.82) is 0 Å². The summed E-state index contributed by atoms with van der Waals surface area (Å²) in [4.78, 5) is 0. The quantitative estimate of drug-likeness (QED) is 0.841. The van der Waals surface area contributed by atoms with Crippen LogP contribution in [0.3, 0.4) is 0 Å². The van der Waals surface area contributed by atoms with Gasteiger partial charge in [-0.3, -0.25) is 0 Å². The van der Waals surface area contributed by atoms with E-state index < -0.39 is 0 Å². The van der Waals surface area contributed by atoms with Gasteiger partial charge in [0, 0.05) is 13.2 Å². The SMILES string of the molecule is CCNC1CCc2cc(OC(C)COC)ccc21. The minimum atomic E-state index is 0.0963. The maximum Gasteiger partial charge on any atom is 0.120 e. The molecule has 3 heteroatoms. The van der Waals surface area contributed by atoms with Crippen LogP contribution in [0.4, 0.5) is 0 Å². The number of hydrogen-bond acceptors (Lipinski definition) is 3. The van der Waals surface area contributed by atoms with E-state index in [1.165, 1.54) is 17.5 Å². The summed E-state index contributed by atoms with van der Waals surface area (Å²) in [6.45, 7) is 5.82. The Hall–Kier alpha value is -1.06. The predicted molar refractivity (Wildman–Crippen MR) is 73.1 cm³/mol. The Balaban J connectivity index is 2.05. The Bertz CT molecular complexity index is 392. The number of benzene rings is 1. The first-order valence-electron chi connectivity index (χ1n) is 6.76. The summed E-state index contributed by atoms with van der Waals surface area (Å²) in [6, 6.07) is 6.97. The van der Waals surface area contributed by atoms with Crippen LogP contribution in [0.2, 0.25) is 0 Å². The molecule has 0 fully saturated rings. The number of hydrogen-bond donors (Lipinski definition) is 1. The average Bonchev–Trinajstić information content (AvgIpc) is 2.73. The second-order valence-corrected chi connectivity index (χ2v) is 4.89. The van der Waals surface area contributed by atoms with Crippen LogP contribution in [-0.2, 0) is 11.2 Å². The molecule has 0 bridgehead atoms. The third kappa shape index (κ3) is 3.03. The number of methoxy groups -OCH3 is 1. The number of nitrogens with one attached hydrogen (secondary N) is 1. The van der Waals surface area contributed by atoms with Gasteiger partial charge in [-0.15, -0.1) is 0 Å². The summed E-state index contributed by atoms with van der Waals surface area (Å²) in [6.07, 6.45) is 2.43. The van der Waals surface area contributed by atoms with E-state index in [0.717, 1.165) is 18.7 Å². The molecule has 18 heavy (non-hydrogen) atoms. The van der Waals surface area contributed by atoms with Crippen LogP contribution < -0.4 is 10.1 Å². The van der Waals surface area contributed by atoms with Crippen LogP contribution in [0.25, 0.3) is 0 Å². The molecule has 100 valence electrons. The van der Waals surface area contributed by atoms with Gasteiger partial charge in [-0.05, 0) is 49.6 Å². The van der Waals surface area contributed by atoms with Crippen molar-refractivity contribution in [2.45, 2.75) is 38.8 Å². The second-order valence-electron chi connectivity index (χ2n) is 4.89. The largest absolute Gasteiger partial charge is 0.488 e. The Morgan fingerprint density at radius 1 is 1.44 bits per heavy atom. The molecule has 0 saturated heterocycles. The third-order valence-corrected chi connectivity index (χ3v) is 3.38. The van der Waals surface area contributed by atoms with Gasteiger partial charge in [-0.1, -0.05) is 13.0 Å². The first kappa shape index (κ1) is 13.4. The monoisotopic (exact) mass is 249 g/mol. The number of rotatable bonds is 6. The van der Waals surface area contributed by atoms with Gasteiger partial charge in [-0.2, -0.15) is 0 Å². The number of ether oxygens (including phenoxy) is 2. The minimum Gasteiger partial charge on any atom is -0.488 e. The normalized spacial score (nSPS) is 19.6. The van der Waals surface area contributed by atoms with E-state index >= 15 is 0 Å². The highest BCUT2D eigenvalue weighted by Gasteiger charge is 2.21. The summed E-state index contributed by atoms with van der Waals surface area (Å²) in [5, 5.41) is 3.52. The summed E-state index contributed by atoms with van der Waals surface area (Å²) >= 11 is 0. The average molecular weight is 249 g/mol. The number of fused-ring (bicyclic) bond motifs is 1. The van der Waals surface area contributed by atoms with Crippen LogP contribution in [0, 0.1) is 0 Å². The van der Waals surface area contributed by atoms with Gasteiger partial charge in [-0.25, -0.2) is 0 Å². The van der Waals surface area contributed by atoms with E-state index in [1.54, 1.807) is 7.11 Å². The lowest BCUT2D eigenvalue weighted by atomic mass is 10.1. The lowest BCUT2D eigenvalue weighted by Gasteiger charge is -2.16. The molecule has 0 aliphatic heterocycles. The Kier molecular flexibility index (Phi) is 4.61. The minimum absolute atomic E-state index is 0.0963. The van der Waals surface area contributed by atoms with Crippen LogP contribution in [0.1, 0.15) is 37.4 Å². The fourth-order valence-electron chi connectivity index (χ4n) is 2.63. The smallest absolute Gasteiger partial charge is 0.120 e. The molecule has 1 aromatic carbocycles. The molecular weight excluding hydrogens is 226 g/mol. The maximum absolute atomic E-state index is 5.83. The molecule has 2 unspecified atom stereocenters. The van der Waals surface area contributed by atoms with Gasteiger partial charge in [0.2, 0.25) is 0 Å². The molecule has 0 radical (unpaired) electrons. The zero-order valence-corrected chi connectivity index (χ0v) is 11.5. The highest BCUT2D eigenvalue weighted by atomic mass is 16.5. The first-order chi connectivity index (χ1) is 8.74. The highest BCUT2D eigenvalue weighted by Crippen LogP contribution is 2.33. The van der Waals surface area contributed by atoms with E-state index in [0.29, 0.717) is 12.6 Å². The highest BCUT2D eigenvalue weighted by molar-refractivity contribution is 5.40. The Morgan fingerprint density at radius 2 is 2.28 bits per heavy atom. The van der Waals surface area contributed by atoms with E-state index in [9.17, 15) is 0 Å². The summed E-state index contributed by atoms with van der Waals surface area (Å²) in [5.74, 6) is 0.954. The molecule has 0 heterocycles. The lowest BCUT2D eigenvalue weighted by Crippen LogP contribution is -2.19. The van der Waals surface area contributed by atoms with E-state index in [4.69, 9.17) is 9.47 Å². The van der Waals surface area contributed by atoms with Crippen molar-refractivity contribution < 1.29 is 9.47 Å².